The summed E-state index contributed by atoms with van der Waals surface area (Å²) in [5, 5.41) is 4.78. The summed E-state index contributed by atoms with van der Waals surface area (Å²) in [5.74, 6) is 1.90. The van der Waals surface area contributed by atoms with E-state index >= 15 is 0 Å². The lowest BCUT2D eigenvalue weighted by Crippen LogP contribution is -2.01. The number of hydrogen-bond acceptors (Lipinski definition) is 6. The Bertz CT molecular complexity index is 1060. The van der Waals surface area contributed by atoms with E-state index in [0.29, 0.717) is 6.61 Å². The minimum Gasteiger partial charge on any atom is -0.491 e. The maximum atomic E-state index is 6.29. The summed E-state index contributed by atoms with van der Waals surface area (Å²) in [4.78, 5) is 0. The molecule has 0 N–H and O–H groups in total. The van der Waals surface area contributed by atoms with Crippen molar-refractivity contribution >= 4 is 80.0 Å². The van der Waals surface area contributed by atoms with Gasteiger partial charge in [0, 0.05) is 16.5 Å². The van der Waals surface area contributed by atoms with Crippen LogP contribution in [0.1, 0.15) is 0 Å². The minimum atomic E-state index is 0.672. The quantitative estimate of drug-likeness (QED) is 0.133. The summed E-state index contributed by atoms with van der Waals surface area (Å²) in [6.07, 6.45) is 2.11. The fourth-order valence-electron chi connectivity index (χ4n) is 2.87. The number of thioether (sulfide) groups is 2. The largest absolute Gasteiger partial charge is 0.491 e. The highest BCUT2D eigenvalue weighted by molar-refractivity contribution is 8.05. The topological polar surface area (TPSA) is 9.23 Å². The Morgan fingerprint density at radius 3 is 2.19 bits per heavy atom. The van der Waals surface area contributed by atoms with Gasteiger partial charge in [0.05, 0.1) is 15.0 Å². The zero-order chi connectivity index (χ0) is 17.9. The first-order valence-corrected chi connectivity index (χ1v) is 12.4. The summed E-state index contributed by atoms with van der Waals surface area (Å²) in [6, 6.07) is 19.1. The number of benzene rings is 3. The molecular weight excluding hydrogens is 417 g/mol. The third kappa shape index (κ3) is 3.80. The summed E-state index contributed by atoms with van der Waals surface area (Å²) >= 11 is 12.4. The second-order valence-electron chi connectivity index (χ2n) is 5.58. The van der Waals surface area contributed by atoms with Crippen molar-refractivity contribution in [2.24, 2.45) is 0 Å². The van der Waals surface area contributed by atoms with Gasteiger partial charge in [0.25, 0.3) is 0 Å². The molecular formula is C20H16OS5. The zero-order valence-electron chi connectivity index (χ0n) is 14.1. The fourth-order valence-corrected chi connectivity index (χ4v) is 8.45. The zero-order valence-corrected chi connectivity index (χ0v) is 18.1. The second kappa shape index (κ2) is 8.31. The van der Waals surface area contributed by atoms with Crippen LogP contribution in [-0.4, -0.2) is 18.6 Å². The van der Waals surface area contributed by atoms with Crippen molar-refractivity contribution in [3.05, 3.63) is 57.7 Å². The third-order valence-electron chi connectivity index (χ3n) is 3.99. The van der Waals surface area contributed by atoms with Crippen molar-refractivity contribution < 1.29 is 4.74 Å². The van der Waals surface area contributed by atoms with Gasteiger partial charge in [-0.15, -0.1) is 46.2 Å². The predicted molar refractivity (Wildman–Crippen MR) is 122 cm³/mol. The van der Waals surface area contributed by atoms with Gasteiger partial charge in [0.2, 0.25) is 0 Å². The van der Waals surface area contributed by atoms with Gasteiger partial charge in [-0.1, -0.05) is 60.7 Å². The van der Waals surface area contributed by atoms with Crippen LogP contribution in [-0.2, 0) is 0 Å². The maximum absolute atomic E-state index is 6.29. The molecule has 3 aromatic carbocycles. The van der Waals surface area contributed by atoms with Crippen LogP contribution >= 0.6 is 58.4 Å². The molecule has 4 aromatic rings. The molecule has 0 unspecified atom stereocenters. The molecule has 0 amide bonds. The standard InChI is InChI=1S/C20H16OS5/c1-23-18-19(26-20(22)25-18)24-11-10-21-17-15-8-4-2-6-13(15)12-14-7-3-5-9-16(14)17/h2-9,12H,10-11H2,1H3. The molecule has 6 heteroatoms. The number of hydrogen-bond donors (Lipinski definition) is 0. The lowest BCUT2D eigenvalue weighted by molar-refractivity contribution is 0.352. The van der Waals surface area contributed by atoms with Crippen LogP contribution in [0, 0.1) is 3.14 Å². The number of ether oxygens (including phenoxy) is 1. The van der Waals surface area contributed by atoms with Crippen LogP contribution in [0.3, 0.4) is 0 Å². The van der Waals surface area contributed by atoms with E-state index in [1.165, 1.54) is 30.0 Å². The molecule has 0 radical (unpaired) electrons. The SMILES string of the molecule is CSc1sc(=S)sc1SCCOc1c2ccccc2cc2ccccc12. The van der Waals surface area contributed by atoms with Gasteiger partial charge >= 0.3 is 0 Å². The van der Waals surface area contributed by atoms with Gasteiger partial charge in [-0.2, -0.15) is 0 Å². The van der Waals surface area contributed by atoms with E-state index < -0.39 is 0 Å². The molecule has 0 aliphatic rings. The lowest BCUT2D eigenvalue weighted by atomic mass is 10.0. The average molecular weight is 433 g/mol. The molecule has 132 valence electrons. The van der Waals surface area contributed by atoms with Crippen molar-refractivity contribution in [3.63, 3.8) is 0 Å². The summed E-state index contributed by atoms with van der Waals surface area (Å²) < 4.78 is 9.93. The average Bonchev–Trinajstić information content (AvgIpc) is 3.04. The molecule has 4 rings (SSSR count). The van der Waals surface area contributed by atoms with E-state index in [2.05, 4.69) is 60.9 Å². The predicted octanol–water partition coefficient (Wildman–Crippen LogP) is 7.74. The molecule has 1 nitrogen and oxygen atoms in total. The Balaban J connectivity index is 1.57. The molecule has 0 spiro atoms. The lowest BCUT2D eigenvalue weighted by Gasteiger charge is -2.13. The maximum Gasteiger partial charge on any atom is 0.145 e. The van der Waals surface area contributed by atoms with Crippen LogP contribution in [0.5, 0.6) is 5.75 Å². The molecule has 0 saturated heterocycles. The molecule has 0 bridgehead atoms. The van der Waals surface area contributed by atoms with E-state index in [0.717, 1.165) is 14.6 Å². The molecule has 1 heterocycles. The summed E-state index contributed by atoms with van der Waals surface area (Å²) in [7, 11) is 0. The third-order valence-corrected chi connectivity index (χ3v) is 9.38. The summed E-state index contributed by atoms with van der Waals surface area (Å²) in [5.41, 5.74) is 0. The number of fused-ring (bicyclic) bond motifs is 2. The summed E-state index contributed by atoms with van der Waals surface area (Å²) in [6.45, 7) is 0.672. The van der Waals surface area contributed by atoms with E-state index in [1.807, 2.05) is 11.8 Å². The van der Waals surface area contributed by atoms with E-state index in [4.69, 9.17) is 17.0 Å². The van der Waals surface area contributed by atoms with Gasteiger partial charge in [-0.3, -0.25) is 0 Å². The van der Waals surface area contributed by atoms with Crippen LogP contribution < -0.4 is 4.74 Å². The molecule has 0 fully saturated rings. The van der Waals surface area contributed by atoms with E-state index in [9.17, 15) is 0 Å². The Hall–Kier alpha value is -1.05. The van der Waals surface area contributed by atoms with Crippen molar-refractivity contribution in [2.45, 2.75) is 8.42 Å². The van der Waals surface area contributed by atoms with Crippen molar-refractivity contribution in [2.75, 3.05) is 18.6 Å². The molecule has 26 heavy (non-hydrogen) atoms. The van der Waals surface area contributed by atoms with E-state index in [-0.39, 0.29) is 0 Å². The Morgan fingerprint density at radius 2 is 1.54 bits per heavy atom. The van der Waals surface area contributed by atoms with Crippen LogP contribution in [0.15, 0.2) is 63.0 Å². The van der Waals surface area contributed by atoms with E-state index in [1.54, 1.807) is 34.4 Å². The highest BCUT2D eigenvalue weighted by Gasteiger charge is 2.10. The first kappa shape index (κ1) is 18.3. The van der Waals surface area contributed by atoms with Gasteiger partial charge in [0.1, 0.15) is 8.89 Å². The molecule has 0 atom stereocenters. The van der Waals surface area contributed by atoms with Gasteiger partial charge < -0.3 is 4.74 Å². The highest BCUT2D eigenvalue weighted by atomic mass is 32.2. The fraction of sp³-hybridized carbons (Fsp3) is 0.150. The van der Waals surface area contributed by atoms with Gasteiger partial charge in [0.15, 0.2) is 0 Å². The highest BCUT2D eigenvalue weighted by Crippen LogP contribution is 2.40. The van der Waals surface area contributed by atoms with Crippen LogP contribution in [0.2, 0.25) is 0 Å². The smallest absolute Gasteiger partial charge is 0.145 e. The van der Waals surface area contributed by atoms with Crippen LogP contribution in [0.25, 0.3) is 21.5 Å². The molecule has 1 aromatic heterocycles. The first-order chi connectivity index (χ1) is 12.8. The number of rotatable bonds is 6. The van der Waals surface area contributed by atoms with Crippen molar-refractivity contribution in [3.8, 4) is 5.75 Å². The van der Waals surface area contributed by atoms with Gasteiger partial charge in [-0.25, -0.2) is 0 Å². The first-order valence-electron chi connectivity index (χ1n) is 8.10. The molecule has 0 saturated carbocycles. The normalized spacial score (nSPS) is 11.3. The Morgan fingerprint density at radius 1 is 0.923 bits per heavy atom. The molecule has 0 aliphatic heterocycles. The minimum absolute atomic E-state index is 0.672. The van der Waals surface area contributed by atoms with Crippen molar-refractivity contribution in [1.29, 1.82) is 0 Å². The monoisotopic (exact) mass is 432 g/mol. The van der Waals surface area contributed by atoms with Crippen molar-refractivity contribution in [1.82, 2.24) is 0 Å². The Kier molecular flexibility index (Phi) is 5.86. The Labute approximate surface area is 174 Å². The van der Waals surface area contributed by atoms with Crippen LogP contribution in [0.4, 0.5) is 0 Å². The second-order valence-corrected chi connectivity index (χ2v) is 11.2. The molecule has 0 aliphatic carbocycles. The van der Waals surface area contributed by atoms with Gasteiger partial charge in [-0.05, 0) is 23.1 Å².